The molecule has 3 nitrogen and oxygen atoms in total. The lowest BCUT2D eigenvalue weighted by Crippen LogP contribution is -2.09. The van der Waals surface area contributed by atoms with Crippen LogP contribution >= 0.6 is 0 Å². The fourth-order valence-corrected chi connectivity index (χ4v) is 1.15. The molecule has 0 saturated carbocycles. The van der Waals surface area contributed by atoms with Crippen LogP contribution in [-0.2, 0) is 4.79 Å². The fourth-order valence-electron chi connectivity index (χ4n) is 1.15. The number of rotatable bonds is 4. The number of carboxylic acid groups (broad SMARTS) is 1. The first-order chi connectivity index (χ1) is 6.61. The fraction of sp³-hybridized carbons (Fsp3) is 0.300. The van der Waals surface area contributed by atoms with Gasteiger partial charge in [-0.1, -0.05) is 12.1 Å². The number of hydrogen-bond donors (Lipinski definition) is 2. The standard InChI is InChI=1S/C10H12FNO2/c1-7-3-2-4-8(11)10(7)12-6-5-9(13)14/h2-4,12H,5-6H2,1H3,(H,13,14). The molecule has 0 atom stereocenters. The number of hydrogen-bond acceptors (Lipinski definition) is 2. The first-order valence-corrected chi connectivity index (χ1v) is 4.32. The minimum absolute atomic E-state index is 0.0201. The number of aliphatic carboxylic acids is 1. The van der Waals surface area contributed by atoms with Crippen LogP contribution in [0.5, 0.6) is 0 Å². The highest BCUT2D eigenvalue weighted by Crippen LogP contribution is 2.18. The summed E-state index contributed by atoms with van der Waals surface area (Å²) in [4.78, 5) is 10.2. The summed E-state index contributed by atoms with van der Waals surface area (Å²) in [7, 11) is 0. The first kappa shape index (κ1) is 10.5. The summed E-state index contributed by atoms with van der Waals surface area (Å²) in [5, 5.41) is 11.2. The molecule has 0 aliphatic heterocycles. The molecule has 0 amide bonds. The number of carboxylic acids is 1. The van der Waals surface area contributed by atoms with Gasteiger partial charge in [0.2, 0.25) is 0 Å². The van der Waals surface area contributed by atoms with E-state index in [2.05, 4.69) is 5.32 Å². The van der Waals surface area contributed by atoms with E-state index in [0.717, 1.165) is 5.56 Å². The Labute approximate surface area is 81.6 Å². The maximum Gasteiger partial charge on any atom is 0.305 e. The van der Waals surface area contributed by atoms with E-state index >= 15 is 0 Å². The van der Waals surface area contributed by atoms with Crippen molar-refractivity contribution in [2.24, 2.45) is 0 Å². The number of benzene rings is 1. The molecule has 0 saturated heterocycles. The number of carbonyl (C=O) groups is 1. The largest absolute Gasteiger partial charge is 0.481 e. The zero-order valence-corrected chi connectivity index (χ0v) is 7.88. The Morgan fingerprint density at radius 3 is 2.86 bits per heavy atom. The summed E-state index contributed by atoms with van der Waals surface area (Å²) in [6, 6.07) is 4.73. The summed E-state index contributed by atoms with van der Waals surface area (Å²) in [6.45, 7) is 2.00. The molecular weight excluding hydrogens is 185 g/mol. The van der Waals surface area contributed by atoms with Crippen molar-refractivity contribution in [3.63, 3.8) is 0 Å². The van der Waals surface area contributed by atoms with E-state index in [1.54, 1.807) is 19.1 Å². The van der Waals surface area contributed by atoms with E-state index in [1.807, 2.05) is 0 Å². The third kappa shape index (κ3) is 2.73. The van der Waals surface area contributed by atoms with E-state index in [4.69, 9.17) is 5.11 Å². The molecule has 76 valence electrons. The van der Waals surface area contributed by atoms with E-state index in [0.29, 0.717) is 5.69 Å². The molecule has 0 heterocycles. The summed E-state index contributed by atoms with van der Waals surface area (Å²) in [5.41, 5.74) is 1.16. The van der Waals surface area contributed by atoms with E-state index in [1.165, 1.54) is 6.07 Å². The SMILES string of the molecule is Cc1cccc(F)c1NCCC(=O)O. The summed E-state index contributed by atoms with van der Waals surface area (Å²) < 4.78 is 13.2. The molecule has 1 rings (SSSR count). The Kier molecular flexibility index (Phi) is 3.45. The lowest BCUT2D eigenvalue weighted by atomic mass is 10.2. The molecule has 0 aromatic heterocycles. The minimum atomic E-state index is -0.897. The second kappa shape index (κ2) is 4.60. The van der Waals surface area contributed by atoms with Gasteiger partial charge in [-0.15, -0.1) is 0 Å². The van der Waals surface area contributed by atoms with Crippen molar-refractivity contribution in [2.75, 3.05) is 11.9 Å². The predicted octanol–water partition coefficient (Wildman–Crippen LogP) is 2.02. The number of para-hydroxylation sites is 1. The van der Waals surface area contributed by atoms with Gasteiger partial charge in [0, 0.05) is 6.54 Å². The zero-order valence-electron chi connectivity index (χ0n) is 7.88. The molecule has 2 N–H and O–H groups in total. The molecule has 4 heteroatoms. The lowest BCUT2D eigenvalue weighted by molar-refractivity contribution is -0.136. The van der Waals surface area contributed by atoms with Crippen LogP contribution in [0.1, 0.15) is 12.0 Å². The van der Waals surface area contributed by atoms with Crippen LogP contribution in [0.15, 0.2) is 18.2 Å². The van der Waals surface area contributed by atoms with Gasteiger partial charge in [-0.3, -0.25) is 4.79 Å². The zero-order chi connectivity index (χ0) is 10.6. The van der Waals surface area contributed by atoms with Crippen LogP contribution in [-0.4, -0.2) is 17.6 Å². The van der Waals surface area contributed by atoms with E-state index in [-0.39, 0.29) is 18.8 Å². The highest BCUT2D eigenvalue weighted by molar-refractivity contribution is 5.67. The Balaban J connectivity index is 2.62. The Bertz CT molecular complexity index is 319. The maximum atomic E-state index is 13.2. The average molecular weight is 197 g/mol. The molecule has 1 aromatic carbocycles. The van der Waals surface area contributed by atoms with Gasteiger partial charge in [0.05, 0.1) is 12.1 Å². The van der Waals surface area contributed by atoms with Crippen LogP contribution in [0, 0.1) is 12.7 Å². The smallest absolute Gasteiger partial charge is 0.305 e. The van der Waals surface area contributed by atoms with Gasteiger partial charge in [-0.25, -0.2) is 4.39 Å². The van der Waals surface area contributed by atoms with Crippen molar-refractivity contribution in [3.05, 3.63) is 29.6 Å². The van der Waals surface area contributed by atoms with Gasteiger partial charge in [0.25, 0.3) is 0 Å². The second-order valence-corrected chi connectivity index (χ2v) is 3.00. The Morgan fingerprint density at radius 2 is 2.29 bits per heavy atom. The number of nitrogens with one attached hydrogen (secondary N) is 1. The molecule has 0 aliphatic carbocycles. The van der Waals surface area contributed by atoms with Gasteiger partial charge in [0.1, 0.15) is 5.82 Å². The van der Waals surface area contributed by atoms with Crippen molar-refractivity contribution in [1.82, 2.24) is 0 Å². The van der Waals surface area contributed by atoms with Gasteiger partial charge in [-0.05, 0) is 18.6 Å². The quantitative estimate of drug-likeness (QED) is 0.776. The first-order valence-electron chi connectivity index (χ1n) is 4.32. The van der Waals surface area contributed by atoms with Crippen LogP contribution in [0.25, 0.3) is 0 Å². The topological polar surface area (TPSA) is 49.3 Å². The Morgan fingerprint density at radius 1 is 1.57 bits per heavy atom. The molecule has 0 aliphatic rings. The van der Waals surface area contributed by atoms with Crippen LogP contribution in [0.2, 0.25) is 0 Å². The molecule has 0 fully saturated rings. The van der Waals surface area contributed by atoms with Crippen LogP contribution < -0.4 is 5.32 Å². The molecule has 0 spiro atoms. The molecule has 0 unspecified atom stereocenters. The van der Waals surface area contributed by atoms with Crippen molar-refractivity contribution in [1.29, 1.82) is 0 Å². The van der Waals surface area contributed by atoms with Crippen molar-refractivity contribution in [2.45, 2.75) is 13.3 Å². The van der Waals surface area contributed by atoms with E-state index in [9.17, 15) is 9.18 Å². The lowest BCUT2D eigenvalue weighted by Gasteiger charge is -2.08. The van der Waals surface area contributed by atoms with Crippen molar-refractivity contribution in [3.8, 4) is 0 Å². The average Bonchev–Trinajstić information content (AvgIpc) is 2.09. The summed E-state index contributed by atoms with van der Waals surface area (Å²) in [6.07, 6.45) is -0.0201. The highest BCUT2D eigenvalue weighted by atomic mass is 19.1. The second-order valence-electron chi connectivity index (χ2n) is 3.00. The highest BCUT2D eigenvalue weighted by Gasteiger charge is 2.04. The van der Waals surface area contributed by atoms with Crippen molar-refractivity contribution < 1.29 is 14.3 Å². The monoisotopic (exact) mass is 197 g/mol. The summed E-state index contributed by atoms with van der Waals surface area (Å²) >= 11 is 0. The molecular formula is C10H12FNO2. The molecule has 0 radical (unpaired) electrons. The normalized spacial score (nSPS) is 9.86. The van der Waals surface area contributed by atoms with E-state index < -0.39 is 5.97 Å². The van der Waals surface area contributed by atoms with Gasteiger partial charge in [-0.2, -0.15) is 0 Å². The molecule has 1 aromatic rings. The maximum absolute atomic E-state index is 13.2. The Hall–Kier alpha value is -1.58. The number of aryl methyl sites for hydroxylation is 1. The van der Waals surface area contributed by atoms with Crippen LogP contribution in [0.3, 0.4) is 0 Å². The summed E-state index contributed by atoms with van der Waals surface area (Å²) in [5.74, 6) is -1.25. The van der Waals surface area contributed by atoms with Crippen molar-refractivity contribution >= 4 is 11.7 Å². The van der Waals surface area contributed by atoms with Crippen LogP contribution in [0.4, 0.5) is 10.1 Å². The third-order valence-corrected chi connectivity index (χ3v) is 1.86. The van der Waals surface area contributed by atoms with Gasteiger partial charge < -0.3 is 10.4 Å². The van der Waals surface area contributed by atoms with Gasteiger partial charge >= 0.3 is 5.97 Å². The number of halogens is 1. The minimum Gasteiger partial charge on any atom is -0.481 e. The predicted molar refractivity (Wildman–Crippen MR) is 51.9 cm³/mol. The number of anilines is 1. The molecule has 0 bridgehead atoms. The van der Waals surface area contributed by atoms with Gasteiger partial charge in [0.15, 0.2) is 0 Å². The third-order valence-electron chi connectivity index (χ3n) is 1.86. The molecule has 14 heavy (non-hydrogen) atoms.